The Morgan fingerprint density at radius 3 is 2.11 bits per heavy atom. The molecule has 3 unspecified atom stereocenters. The smallest absolute Gasteiger partial charge is 0.135 e. The number of rotatable bonds is 0. The zero-order chi connectivity index (χ0) is 7.07. The van der Waals surface area contributed by atoms with E-state index in [2.05, 4.69) is 25.3 Å². The zero-order valence-electron chi connectivity index (χ0n) is 4.12. The molecule has 0 spiro atoms. The summed E-state index contributed by atoms with van der Waals surface area (Å²) < 4.78 is -0.815. The van der Waals surface area contributed by atoms with Crippen molar-refractivity contribution in [2.24, 2.45) is 0 Å². The first-order valence-corrected chi connectivity index (χ1v) is 6.16. The van der Waals surface area contributed by atoms with Crippen molar-refractivity contribution in [2.45, 2.75) is 13.5 Å². The predicted octanol–water partition coefficient (Wildman–Crippen LogP) is 3.07. The maximum Gasteiger partial charge on any atom is 0.135 e. The topological polar surface area (TPSA) is 0 Å². The summed E-state index contributed by atoms with van der Waals surface area (Å²) in [4.78, 5) is 0. The Bertz CT molecular complexity index is 104. The Morgan fingerprint density at radius 2 is 2.00 bits per heavy atom. The van der Waals surface area contributed by atoms with Crippen molar-refractivity contribution in [3.05, 3.63) is 0 Å². The third-order valence-electron chi connectivity index (χ3n) is 0.896. The lowest BCUT2D eigenvalue weighted by Gasteiger charge is -2.19. The van der Waals surface area contributed by atoms with Gasteiger partial charge in [-0.1, -0.05) is 21.6 Å². The Labute approximate surface area is 83.0 Å². The van der Waals surface area contributed by atoms with Crippen LogP contribution < -0.4 is 0 Å². The molecule has 1 aliphatic heterocycles. The predicted molar refractivity (Wildman–Crippen MR) is 55.2 cm³/mol. The molecule has 54 valence electrons. The van der Waals surface area contributed by atoms with Crippen LogP contribution in [0.15, 0.2) is 0 Å². The van der Waals surface area contributed by atoms with Crippen molar-refractivity contribution in [1.29, 1.82) is 0 Å². The van der Waals surface area contributed by atoms with E-state index >= 15 is 0 Å². The summed E-state index contributed by atoms with van der Waals surface area (Å²) in [5, 5.41) is 0. The minimum atomic E-state index is -0.667. The molecule has 1 rings (SSSR count). The molecule has 1 heterocycles. The molecule has 0 aromatic rings. The van der Waals surface area contributed by atoms with Crippen LogP contribution in [0, 0.1) is 0 Å². The van der Waals surface area contributed by atoms with Gasteiger partial charge < -0.3 is 0 Å². The van der Waals surface area contributed by atoms with Gasteiger partial charge in [0.2, 0.25) is 0 Å². The highest BCUT2D eigenvalue weighted by Gasteiger charge is 2.45. The first-order chi connectivity index (χ1) is 4.05. The summed E-state index contributed by atoms with van der Waals surface area (Å²) in [6.45, 7) is 0. The first-order valence-electron chi connectivity index (χ1n) is 2.10. The number of hydrogen-bond acceptors (Lipinski definition) is 4. The van der Waals surface area contributed by atoms with E-state index in [4.69, 9.17) is 23.2 Å². The fourth-order valence-corrected chi connectivity index (χ4v) is 5.39. The summed E-state index contributed by atoms with van der Waals surface area (Å²) in [6, 6.07) is 0. The summed E-state index contributed by atoms with van der Waals surface area (Å²) in [5.74, 6) is 0. The number of thiol groups is 2. The molecule has 0 N–H and O–H groups in total. The summed E-state index contributed by atoms with van der Waals surface area (Å²) >= 11 is 20.0. The number of halogens is 2. The van der Waals surface area contributed by atoms with Gasteiger partial charge in [-0.05, 0) is 0 Å². The van der Waals surface area contributed by atoms with Gasteiger partial charge in [-0.2, -0.15) is 25.3 Å². The lowest BCUT2D eigenvalue weighted by molar-refractivity contribution is 0.984. The van der Waals surface area contributed by atoms with Gasteiger partial charge in [-0.3, -0.25) is 0 Å². The van der Waals surface area contributed by atoms with Crippen LogP contribution in [-0.2, 0) is 0 Å². The molecule has 9 heavy (non-hydrogen) atoms. The minimum absolute atomic E-state index is 0.00926. The second-order valence-electron chi connectivity index (χ2n) is 1.59. The van der Waals surface area contributed by atoms with Gasteiger partial charge >= 0.3 is 0 Å². The SMILES string of the molecule is SC1SSC(Cl)C1(S)Cl. The van der Waals surface area contributed by atoms with Crippen LogP contribution in [0.2, 0.25) is 0 Å². The molecule has 0 saturated carbocycles. The Hall–Kier alpha value is 1.98. The van der Waals surface area contributed by atoms with Gasteiger partial charge in [0.25, 0.3) is 0 Å². The summed E-state index contributed by atoms with van der Waals surface area (Å²) in [7, 11) is 3.06. The standard InChI is InChI=1S/C3H4Cl2S4/c4-1-3(5,7)2(6)9-8-1/h1-2,6-7H. The van der Waals surface area contributed by atoms with E-state index in [1.54, 1.807) is 10.8 Å². The van der Waals surface area contributed by atoms with Crippen LogP contribution >= 0.6 is 70.0 Å². The van der Waals surface area contributed by atoms with Crippen molar-refractivity contribution in [1.82, 2.24) is 0 Å². The van der Waals surface area contributed by atoms with Crippen molar-refractivity contribution >= 4 is 70.0 Å². The molecule has 0 nitrogen and oxygen atoms in total. The molecular weight excluding hydrogens is 235 g/mol. The van der Waals surface area contributed by atoms with Gasteiger partial charge in [0.15, 0.2) is 0 Å². The van der Waals surface area contributed by atoms with Crippen LogP contribution in [0.4, 0.5) is 0 Å². The van der Waals surface area contributed by atoms with Crippen molar-refractivity contribution in [2.75, 3.05) is 0 Å². The number of hydrogen-bond donors (Lipinski definition) is 2. The molecule has 0 bridgehead atoms. The third kappa shape index (κ3) is 1.76. The van der Waals surface area contributed by atoms with E-state index in [1.807, 2.05) is 0 Å². The quantitative estimate of drug-likeness (QED) is 0.379. The Morgan fingerprint density at radius 1 is 1.44 bits per heavy atom. The van der Waals surface area contributed by atoms with Crippen LogP contribution in [0.5, 0.6) is 0 Å². The molecule has 0 aromatic carbocycles. The van der Waals surface area contributed by atoms with E-state index < -0.39 is 4.21 Å². The highest BCUT2D eigenvalue weighted by Crippen LogP contribution is 2.57. The first kappa shape index (κ1) is 9.07. The number of alkyl halides is 2. The highest BCUT2D eigenvalue weighted by molar-refractivity contribution is 8.79. The minimum Gasteiger partial charge on any atom is -0.161 e. The van der Waals surface area contributed by atoms with Crippen molar-refractivity contribution in [3.63, 3.8) is 0 Å². The van der Waals surface area contributed by atoms with Gasteiger partial charge in [-0.15, -0.1) is 23.2 Å². The van der Waals surface area contributed by atoms with Crippen LogP contribution in [0.1, 0.15) is 0 Å². The maximum atomic E-state index is 5.88. The van der Waals surface area contributed by atoms with E-state index in [0.29, 0.717) is 0 Å². The molecule has 1 aliphatic rings. The largest absolute Gasteiger partial charge is 0.161 e. The Kier molecular flexibility index (Phi) is 3.18. The maximum absolute atomic E-state index is 5.88. The molecule has 3 atom stereocenters. The van der Waals surface area contributed by atoms with E-state index in [0.717, 1.165) is 0 Å². The normalized spacial score (nSPS) is 52.0. The van der Waals surface area contributed by atoms with Gasteiger partial charge in [0.1, 0.15) is 8.92 Å². The average molecular weight is 239 g/mol. The molecule has 1 fully saturated rings. The highest BCUT2D eigenvalue weighted by atomic mass is 35.5. The summed E-state index contributed by atoms with van der Waals surface area (Å²) in [5.41, 5.74) is 0. The zero-order valence-corrected chi connectivity index (χ0v) is 9.06. The molecule has 0 aromatic heterocycles. The second kappa shape index (κ2) is 3.15. The fourth-order valence-electron chi connectivity index (χ4n) is 0.348. The monoisotopic (exact) mass is 238 g/mol. The van der Waals surface area contributed by atoms with Gasteiger partial charge in [0.05, 0.1) is 4.58 Å². The Balaban J connectivity index is 2.66. The molecule has 0 radical (unpaired) electrons. The second-order valence-corrected chi connectivity index (χ2v) is 7.26. The fraction of sp³-hybridized carbons (Fsp3) is 1.00. The molecule has 1 saturated heterocycles. The lowest BCUT2D eigenvalue weighted by atomic mass is 10.5. The van der Waals surface area contributed by atoms with Gasteiger partial charge in [-0.25, -0.2) is 0 Å². The van der Waals surface area contributed by atoms with Gasteiger partial charge in [0, 0.05) is 0 Å². The molecular formula is C3H4Cl2S4. The van der Waals surface area contributed by atoms with E-state index in [-0.39, 0.29) is 9.29 Å². The van der Waals surface area contributed by atoms with E-state index in [9.17, 15) is 0 Å². The molecule has 6 heteroatoms. The third-order valence-corrected chi connectivity index (χ3v) is 7.85. The van der Waals surface area contributed by atoms with Crippen LogP contribution in [0.3, 0.4) is 0 Å². The lowest BCUT2D eigenvalue weighted by Crippen LogP contribution is -2.26. The van der Waals surface area contributed by atoms with Crippen LogP contribution in [0.25, 0.3) is 0 Å². The molecule has 0 amide bonds. The van der Waals surface area contributed by atoms with E-state index in [1.165, 1.54) is 10.8 Å². The average Bonchev–Trinajstić information content (AvgIpc) is 1.96. The van der Waals surface area contributed by atoms with Crippen molar-refractivity contribution in [3.8, 4) is 0 Å². The summed E-state index contributed by atoms with van der Waals surface area (Å²) in [6.07, 6.45) is 0. The van der Waals surface area contributed by atoms with Crippen LogP contribution in [-0.4, -0.2) is 13.5 Å². The van der Waals surface area contributed by atoms with Crippen molar-refractivity contribution < 1.29 is 0 Å². The molecule has 0 aliphatic carbocycles.